The van der Waals surface area contributed by atoms with Crippen LogP contribution in [0.3, 0.4) is 0 Å². The van der Waals surface area contributed by atoms with Crippen molar-refractivity contribution in [3.63, 3.8) is 0 Å². The van der Waals surface area contributed by atoms with E-state index in [4.69, 9.17) is 10.5 Å². The van der Waals surface area contributed by atoms with E-state index < -0.39 is 0 Å². The lowest BCUT2D eigenvalue weighted by Gasteiger charge is -2.11. The van der Waals surface area contributed by atoms with Gasteiger partial charge in [-0.1, -0.05) is 6.07 Å². The van der Waals surface area contributed by atoms with E-state index in [9.17, 15) is 4.79 Å². The van der Waals surface area contributed by atoms with Crippen molar-refractivity contribution in [2.75, 3.05) is 13.7 Å². The minimum atomic E-state index is -0.362. The van der Waals surface area contributed by atoms with Crippen LogP contribution in [0.25, 0.3) is 0 Å². The second kappa shape index (κ2) is 4.14. The molecule has 0 radical (unpaired) electrons. The fourth-order valence-electron chi connectivity index (χ4n) is 1.36. The summed E-state index contributed by atoms with van der Waals surface area (Å²) in [5.74, 6) is 0.291. The third kappa shape index (κ3) is 2.52. The summed E-state index contributed by atoms with van der Waals surface area (Å²) in [6, 6.07) is 6.92. The molecular formula is C12H15NO3. The summed E-state index contributed by atoms with van der Waals surface area (Å²) in [6.45, 7) is 0.498. The number of benzene rings is 1. The Balaban J connectivity index is 2.01. The van der Waals surface area contributed by atoms with Crippen molar-refractivity contribution in [2.24, 2.45) is 5.73 Å². The minimum Gasteiger partial charge on any atom is -0.492 e. The average Bonchev–Trinajstić information content (AvgIpc) is 3.05. The normalized spacial score (nSPS) is 16.6. The zero-order valence-corrected chi connectivity index (χ0v) is 9.23. The van der Waals surface area contributed by atoms with Crippen LogP contribution >= 0.6 is 0 Å². The largest absolute Gasteiger partial charge is 0.492 e. The van der Waals surface area contributed by atoms with Crippen molar-refractivity contribution in [3.05, 3.63) is 29.8 Å². The fourth-order valence-corrected chi connectivity index (χ4v) is 1.36. The Labute approximate surface area is 94.3 Å². The van der Waals surface area contributed by atoms with Crippen molar-refractivity contribution < 1.29 is 14.3 Å². The number of ether oxygens (including phenoxy) is 2. The maximum Gasteiger partial charge on any atom is 0.337 e. The minimum absolute atomic E-state index is 0.152. The fraction of sp³-hybridized carbons (Fsp3) is 0.417. The van der Waals surface area contributed by atoms with Gasteiger partial charge in [-0.15, -0.1) is 0 Å². The predicted molar refractivity (Wildman–Crippen MR) is 59.4 cm³/mol. The van der Waals surface area contributed by atoms with Crippen molar-refractivity contribution in [1.29, 1.82) is 0 Å². The van der Waals surface area contributed by atoms with Gasteiger partial charge in [0.2, 0.25) is 0 Å². The maximum absolute atomic E-state index is 11.3. The van der Waals surface area contributed by atoms with Crippen LogP contribution in [-0.4, -0.2) is 25.2 Å². The smallest absolute Gasteiger partial charge is 0.337 e. The molecule has 0 unspecified atom stereocenters. The lowest BCUT2D eigenvalue weighted by atomic mass is 10.2. The zero-order valence-electron chi connectivity index (χ0n) is 9.23. The number of hydrogen-bond donors (Lipinski definition) is 1. The molecule has 0 saturated heterocycles. The second-order valence-corrected chi connectivity index (χ2v) is 4.17. The number of carbonyl (C=O) groups is 1. The molecule has 2 rings (SSSR count). The standard InChI is InChI=1S/C12H15NO3/c1-15-11(14)9-3-2-4-10(7-9)16-8-12(13)5-6-12/h2-4,7H,5-6,8,13H2,1H3. The third-order valence-corrected chi connectivity index (χ3v) is 2.67. The third-order valence-electron chi connectivity index (χ3n) is 2.67. The van der Waals surface area contributed by atoms with Gasteiger partial charge in [-0.3, -0.25) is 0 Å². The van der Waals surface area contributed by atoms with Gasteiger partial charge in [0.05, 0.1) is 18.2 Å². The first kappa shape index (κ1) is 11.0. The van der Waals surface area contributed by atoms with Crippen molar-refractivity contribution in [1.82, 2.24) is 0 Å². The number of hydrogen-bond acceptors (Lipinski definition) is 4. The summed E-state index contributed by atoms with van der Waals surface area (Å²) in [4.78, 5) is 11.3. The van der Waals surface area contributed by atoms with Gasteiger partial charge in [0.25, 0.3) is 0 Å². The molecule has 0 heterocycles. The summed E-state index contributed by atoms with van der Waals surface area (Å²) in [7, 11) is 1.36. The van der Waals surface area contributed by atoms with E-state index in [1.165, 1.54) is 7.11 Å². The Morgan fingerprint density at radius 2 is 2.25 bits per heavy atom. The van der Waals surface area contributed by atoms with Gasteiger partial charge in [-0.2, -0.15) is 0 Å². The average molecular weight is 221 g/mol. The van der Waals surface area contributed by atoms with E-state index in [2.05, 4.69) is 4.74 Å². The number of esters is 1. The van der Waals surface area contributed by atoms with E-state index in [0.717, 1.165) is 12.8 Å². The lowest BCUT2D eigenvalue weighted by Crippen LogP contribution is -2.29. The molecule has 0 atom stereocenters. The molecule has 4 heteroatoms. The number of carbonyl (C=O) groups excluding carboxylic acids is 1. The monoisotopic (exact) mass is 221 g/mol. The summed E-state index contributed by atoms with van der Waals surface area (Å²) in [5.41, 5.74) is 6.24. The van der Waals surface area contributed by atoms with E-state index in [1.54, 1.807) is 24.3 Å². The molecule has 0 aliphatic heterocycles. The van der Waals surface area contributed by atoms with Crippen LogP contribution in [0, 0.1) is 0 Å². The van der Waals surface area contributed by atoms with Gasteiger partial charge in [0.1, 0.15) is 12.4 Å². The maximum atomic E-state index is 11.3. The second-order valence-electron chi connectivity index (χ2n) is 4.17. The van der Waals surface area contributed by atoms with Gasteiger partial charge < -0.3 is 15.2 Å². The molecule has 0 bridgehead atoms. The molecule has 4 nitrogen and oxygen atoms in total. The lowest BCUT2D eigenvalue weighted by molar-refractivity contribution is 0.0600. The quantitative estimate of drug-likeness (QED) is 0.779. The molecule has 0 amide bonds. The van der Waals surface area contributed by atoms with Crippen molar-refractivity contribution in [2.45, 2.75) is 18.4 Å². The highest BCUT2D eigenvalue weighted by Crippen LogP contribution is 2.32. The summed E-state index contributed by atoms with van der Waals surface area (Å²) >= 11 is 0. The number of nitrogens with two attached hydrogens (primary N) is 1. The first-order valence-corrected chi connectivity index (χ1v) is 5.23. The Bertz CT molecular complexity index is 399. The van der Waals surface area contributed by atoms with Gasteiger partial charge in [-0.05, 0) is 31.0 Å². The van der Waals surface area contributed by atoms with Crippen LogP contribution in [0.15, 0.2) is 24.3 Å². The molecule has 1 aliphatic carbocycles. The van der Waals surface area contributed by atoms with Gasteiger partial charge >= 0.3 is 5.97 Å². The molecule has 0 aromatic heterocycles. The van der Waals surface area contributed by atoms with Crippen LogP contribution in [0.5, 0.6) is 5.75 Å². The van der Waals surface area contributed by atoms with Crippen LogP contribution < -0.4 is 10.5 Å². The van der Waals surface area contributed by atoms with Crippen molar-refractivity contribution in [3.8, 4) is 5.75 Å². The van der Waals surface area contributed by atoms with Crippen LogP contribution in [0.4, 0.5) is 0 Å². The Kier molecular flexibility index (Phi) is 2.83. The molecule has 0 spiro atoms. The van der Waals surface area contributed by atoms with Crippen LogP contribution in [-0.2, 0) is 4.74 Å². The van der Waals surface area contributed by atoms with Gasteiger partial charge in [-0.25, -0.2) is 4.79 Å². The molecular weight excluding hydrogens is 206 g/mol. The molecule has 1 aromatic rings. The molecule has 2 N–H and O–H groups in total. The summed E-state index contributed by atoms with van der Waals surface area (Å²) < 4.78 is 10.2. The summed E-state index contributed by atoms with van der Waals surface area (Å²) in [6.07, 6.45) is 2.01. The van der Waals surface area contributed by atoms with Gasteiger partial charge in [0, 0.05) is 0 Å². The van der Waals surface area contributed by atoms with Gasteiger partial charge in [0.15, 0.2) is 0 Å². The first-order valence-electron chi connectivity index (χ1n) is 5.23. The zero-order chi connectivity index (χ0) is 11.6. The topological polar surface area (TPSA) is 61.5 Å². The number of methoxy groups -OCH3 is 1. The van der Waals surface area contributed by atoms with Crippen LogP contribution in [0.1, 0.15) is 23.2 Å². The van der Waals surface area contributed by atoms with E-state index in [1.807, 2.05) is 0 Å². The number of rotatable bonds is 4. The molecule has 86 valence electrons. The molecule has 16 heavy (non-hydrogen) atoms. The van der Waals surface area contributed by atoms with E-state index >= 15 is 0 Å². The van der Waals surface area contributed by atoms with E-state index in [-0.39, 0.29) is 11.5 Å². The molecule has 1 saturated carbocycles. The van der Waals surface area contributed by atoms with Crippen molar-refractivity contribution >= 4 is 5.97 Å². The Hall–Kier alpha value is -1.55. The molecule has 1 aromatic carbocycles. The Morgan fingerprint density at radius 3 is 2.88 bits per heavy atom. The highest BCUT2D eigenvalue weighted by atomic mass is 16.5. The van der Waals surface area contributed by atoms with Crippen LogP contribution in [0.2, 0.25) is 0 Å². The first-order chi connectivity index (χ1) is 7.63. The highest BCUT2D eigenvalue weighted by molar-refractivity contribution is 5.89. The van der Waals surface area contributed by atoms with E-state index in [0.29, 0.717) is 17.9 Å². The highest BCUT2D eigenvalue weighted by Gasteiger charge is 2.39. The molecule has 1 aliphatic rings. The SMILES string of the molecule is COC(=O)c1cccc(OCC2(N)CC2)c1. The molecule has 1 fully saturated rings. The summed E-state index contributed by atoms with van der Waals surface area (Å²) in [5, 5.41) is 0. The predicted octanol–water partition coefficient (Wildman–Crippen LogP) is 1.34. The Morgan fingerprint density at radius 1 is 1.50 bits per heavy atom.